The van der Waals surface area contributed by atoms with E-state index in [-0.39, 0.29) is 22.3 Å². The molecular formula is C20H15BrF3N5O3. The van der Waals surface area contributed by atoms with Crippen LogP contribution in [0.5, 0.6) is 0 Å². The van der Waals surface area contributed by atoms with Gasteiger partial charge in [0.15, 0.2) is 0 Å². The molecule has 0 saturated heterocycles. The van der Waals surface area contributed by atoms with Gasteiger partial charge in [0.2, 0.25) is 0 Å². The van der Waals surface area contributed by atoms with E-state index in [9.17, 15) is 22.8 Å². The number of ether oxygens (including phenoxy) is 1. The summed E-state index contributed by atoms with van der Waals surface area (Å²) < 4.78 is 47.5. The number of halogens is 4. The Hall–Kier alpha value is -3.41. The highest BCUT2D eigenvalue weighted by Gasteiger charge is 2.35. The molecule has 4 rings (SSSR count). The molecule has 0 saturated carbocycles. The molecule has 0 radical (unpaired) electrons. The van der Waals surface area contributed by atoms with Crippen molar-refractivity contribution in [1.29, 1.82) is 0 Å². The Morgan fingerprint density at radius 3 is 2.41 bits per heavy atom. The number of methoxy groups -OCH3 is 1. The predicted molar refractivity (Wildman–Crippen MR) is 113 cm³/mol. The highest BCUT2D eigenvalue weighted by molar-refractivity contribution is 9.10. The molecule has 1 aromatic carbocycles. The molecule has 0 amide bonds. The van der Waals surface area contributed by atoms with E-state index >= 15 is 0 Å². The zero-order valence-corrected chi connectivity index (χ0v) is 18.5. The van der Waals surface area contributed by atoms with Crippen molar-refractivity contribution in [2.75, 3.05) is 7.11 Å². The lowest BCUT2D eigenvalue weighted by atomic mass is 10.1. The van der Waals surface area contributed by atoms with E-state index in [1.54, 1.807) is 38.2 Å². The third-order valence-corrected chi connectivity index (χ3v) is 5.69. The van der Waals surface area contributed by atoms with Crippen molar-refractivity contribution >= 4 is 32.9 Å². The number of pyridine rings is 1. The Bertz CT molecular complexity index is 1420. The quantitative estimate of drug-likeness (QED) is 0.421. The van der Waals surface area contributed by atoms with Crippen molar-refractivity contribution in [3.8, 4) is 16.9 Å². The summed E-state index contributed by atoms with van der Waals surface area (Å²) in [4.78, 5) is 30.9. The van der Waals surface area contributed by atoms with E-state index in [2.05, 4.69) is 35.7 Å². The lowest BCUT2D eigenvalue weighted by Crippen LogP contribution is -2.21. The molecule has 1 N–H and O–H groups in total. The van der Waals surface area contributed by atoms with Crippen LogP contribution in [-0.4, -0.2) is 37.4 Å². The second-order valence-corrected chi connectivity index (χ2v) is 7.71. The monoisotopic (exact) mass is 509 g/mol. The number of aromatic amines is 1. The van der Waals surface area contributed by atoms with Gasteiger partial charge in [0.05, 0.1) is 28.5 Å². The van der Waals surface area contributed by atoms with E-state index in [0.717, 1.165) is 7.11 Å². The molecule has 32 heavy (non-hydrogen) atoms. The number of benzene rings is 1. The van der Waals surface area contributed by atoms with Gasteiger partial charge in [0, 0.05) is 12.4 Å². The van der Waals surface area contributed by atoms with Crippen molar-refractivity contribution in [1.82, 2.24) is 24.3 Å². The fraction of sp³-hybridized carbons (Fsp3) is 0.200. The second kappa shape index (κ2) is 7.62. The van der Waals surface area contributed by atoms with E-state index in [4.69, 9.17) is 0 Å². The number of aromatic nitrogens is 5. The van der Waals surface area contributed by atoms with Gasteiger partial charge in [0.1, 0.15) is 17.2 Å². The van der Waals surface area contributed by atoms with Crippen LogP contribution in [0.2, 0.25) is 0 Å². The van der Waals surface area contributed by atoms with E-state index in [0.29, 0.717) is 33.3 Å². The molecule has 0 spiro atoms. The van der Waals surface area contributed by atoms with Crippen LogP contribution < -0.4 is 5.69 Å². The van der Waals surface area contributed by atoms with Crippen LogP contribution in [0.3, 0.4) is 0 Å². The molecule has 0 aliphatic heterocycles. The number of alkyl halides is 3. The van der Waals surface area contributed by atoms with Gasteiger partial charge in [-0.3, -0.25) is 0 Å². The number of fused-ring (bicyclic) bond motifs is 1. The normalized spacial score (nSPS) is 11.8. The summed E-state index contributed by atoms with van der Waals surface area (Å²) in [6, 6.07) is 7.40. The lowest BCUT2D eigenvalue weighted by molar-refractivity contribution is -0.141. The lowest BCUT2D eigenvalue weighted by Gasteiger charge is -2.08. The summed E-state index contributed by atoms with van der Waals surface area (Å²) in [6.07, 6.45) is -4.74. The number of nitrogens with zero attached hydrogens (tertiary/aromatic N) is 4. The molecule has 0 aliphatic carbocycles. The summed E-state index contributed by atoms with van der Waals surface area (Å²) in [5.74, 6) is -0.417. The van der Waals surface area contributed by atoms with Gasteiger partial charge in [-0.2, -0.15) is 18.3 Å². The number of H-pyrrole nitrogens is 1. The van der Waals surface area contributed by atoms with Crippen molar-refractivity contribution in [2.45, 2.75) is 13.1 Å². The Morgan fingerprint density at radius 2 is 1.88 bits per heavy atom. The topological polar surface area (TPSA) is 94.8 Å². The molecule has 0 unspecified atom stereocenters. The highest BCUT2D eigenvalue weighted by atomic mass is 79.9. The van der Waals surface area contributed by atoms with Gasteiger partial charge in [0.25, 0.3) is 0 Å². The minimum atomic E-state index is -4.74. The number of hydrogen-bond acceptors (Lipinski definition) is 5. The number of carbonyl (C=O) groups excluding carboxylic acids is 1. The SMILES string of the molecule is COC(=O)c1cc(C(F)(F)F)nc2[nH]c(-c3ccc(-n4c(C)nn(C)c4=O)cc3)c(Br)c12. The summed E-state index contributed by atoms with van der Waals surface area (Å²) in [5.41, 5.74) is -0.333. The van der Waals surface area contributed by atoms with Gasteiger partial charge >= 0.3 is 17.8 Å². The smallest absolute Gasteiger partial charge is 0.433 e. The maximum Gasteiger partial charge on any atom is 0.433 e. The Balaban J connectivity index is 1.87. The third-order valence-electron chi connectivity index (χ3n) is 4.90. The zero-order chi connectivity index (χ0) is 23.4. The minimum Gasteiger partial charge on any atom is -0.465 e. The van der Waals surface area contributed by atoms with Gasteiger partial charge < -0.3 is 9.72 Å². The van der Waals surface area contributed by atoms with Crippen LogP contribution in [0.4, 0.5) is 13.2 Å². The molecule has 8 nitrogen and oxygen atoms in total. The first kappa shape index (κ1) is 21.8. The van der Waals surface area contributed by atoms with E-state index < -0.39 is 17.8 Å². The summed E-state index contributed by atoms with van der Waals surface area (Å²) in [5, 5.41) is 4.25. The van der Waals surface area contributed by atoms with Gasteiger partial charge in [-0.25, -0.2) is 23.8 Å². The average Bonchev–Trinajstić information content (AvgIpc) is 3.21. The van der Waals surface area contributed by atoms with Gasteiger partial charge in [-0.1, -0.05) is 12.1 Å². The fourth-order valence-electron chi connectivity index (χ4n) is 3.43. The first-order valence-electron chi connectivity index (χ1n) is 9.14. The number of hydrogen-bond donors (Lipinski definition) is 1. The van der Waals surface area contributed by atoms with Crippen LogP contribution in [0, 0.1) is 6.92 Å². The number of aryl methyl sites for hydroxylation is 2. The van der Waals surface area contributed by atoms with Crippen LogP contribution in [0.25, 0.3) is 28.0 Å². The first-order valence-corrected chi connectivity index (χ1v) is 9.93. The molecule has 0 bridgehead atoms. The van der Waals surface area contributed by atoms with Gasteiger partial charge in [-0.15, -0.1) is 0 Å². The molecule has 0 atom stereocenters. The molecule has 3 heterocycles. The minimum absolute atomic E-state index is 0.120. The molecule has 166 valence electrons. The van der Waals surface area contributed by atoms with E-state index in [1.165, 1.54) is 9.25 Å². The van der Waals surface area contributed by atoms with Gasteiger partial charge in [-0.05, 0) is 46.6 Å². The van der Waals surface area contributed by atoms with Crippen LogP contribution in [0.1, 0.15) is 21.9 Å². The Labute approximate surface area is 186 Å². The van der Waals surface area contributed by atoms with Crippen LogP contribution in [-0.2, 0) is 18.0 Å². The zero-order valence-electron chi connectivity index (χ0n) is 16.9. The molecular weight excluding hydrogens is 495 g/mol. The third kappa shape index (κ3) is 3.49. The molecule has 4 aromatic rings. The number of esters is 1. The second-order valence-electron chi connectivity index (χ2n) is 6.92. The largest absolute Gasteiger partial charge is 0.465 e. The fourth-order valence-corrected chi connectivity index (χ4v) is 4.16. The van der Waals surface area contributed by atoms with Crippen molar-refractivity contribution in [2.24, 2.45) is 7.05 Å². The van der Waals surface area contributed by atoms with Crippen LogP contribution in [0.15, 0.2) is 39.6 Å². The average molecular weight is 510 g/mol. The molecule has 12 heteroatoms. The summed E-state index contributed by atoms with van der Waals surface area (Å²) >= 11 is 3.37. The maximum atomic E-state index is 13.3. The number of nitrogens with one attached hydrogen (secondary N) is 1. The summed E-state index contributed by atoms with van der Waals surface area (Å²) in [6.45, 7) is 1.70. The van der Waals surface area contributed by atoms with Crippen LogP contribution >= 0.6 is 15.9 Å². The van der Waals surface area contributed by atoms with Crippen molar-refractivity contribution in [3.05, 3.63) is 62.4 Å². The highest BCUT2D eigenvalue weighted by Crippen LogP contribution is 2.39. The molecule has 0 fully saturated rings. The van der Waals surface area contributed by atoms with Crippen molar-refractivity contribution in [3.63, 3.8) is 0 Å². The Morgan fingerprint density at radius 1 is 1.22 bits per heavy atom. The maximum absolute atomic E-state index is 13.3. The predicted octanol–water partition coefficient (Wildman–Crippen LogP) is 3.99. The first-order chi connectivity index (χ1) is 15.0. The number of rotatable bonds is 3. The Kier molecular flexibility index (Phi) is 5.19. The van der Waals surface area contributed by atoms with E-state index in [1.807, 2.05) is 0 Å². The summed E-state index contributed by atoms with van der Waals surface area (Å²) in [7, 11) is 2.63. The molecule has 3 aromatic heterocycles. The number of carbonyl (C=O) groups is 1. The molecule has 0 aliphatic rings. The standard InChI is InChI=1S/C20H15BrF3N5O3/c1-9-27-28(2)19(31)29(9)11-6-4-10(5-7-11)16-15(21)14-12(18(30)32-3)8-13(20(22,23)24)25-17(14)26-16/h4-8H,1-3H3,(H,25,26). The van der Waals surface area contributed by atoms with Crippen molar-refractivity contribution < 1.29 is 22.7 Å².